The molecule has 2 N–H and O–H groups in total. The van der Waals surface area contributed by atoms with E-state index in [0.717, 1.165) is 12.8 Å². The lowest BCUT2D eigenvalue weighted by molar-refractivity contribution is -0.122. The minimum absolute atomic E-state index is 0.0211. The van der Waals surface area contributed by atoms with Crippen LogP contribution in [0, 0.1) is 0 Å². The number of rotatable bonds is 10. The van der Waals surface area contributed by atoms with E-state index in [2.05, 4.69) is 72.1 Å². The number of para-hydroxylation sites is 1. The van der Waals surface area contributed by atoms with E-state index < -0.39 is 0 Å². The van der Waals surface area contributed by atoms with E-state index in [1.54, 1.807) is 6.07 Å². The SMILES string of the molecule is CCC(C)N(CC(=O)NCCc1ccc(C(C)C)cc1)Cc1nc2ccccc2c(=O)[nH]1. The minimum Gasteiger partial charge on any atom is -0.355 e. The third kappa shape index (κ3) is 6.26. The molecule has 1 atom stereocenters. The van der Waals surface area contributed by atoms with Crippen LogP contribution >= 0.6 is 0 Å². The molecule has 32 heavy (non-hydrogen) atoms. The number of aromatic amines is 1. The predicted octanol–water partition coefficient (Wildman–Crippen LogP) is 4.01. The number of benzene rings is 2. The summed E-state index contributed by atoms with van der Waals surface area (Å²) >= 11 is 0. The molecule has 170 valence electrons. The normalized spacial score (nSPS) is 12.4. The number of carbonyl (C=O) groups is 1. The van der Waals surface area contributed by atoms with Gasteiger partial charge in [0, 0.05) is 12.6 Å². The van der Waals surface area contributed by atoms with Gasteiger partial charge in [0.15, 0.2) is 0 Å². The first-order valence-electron chi connectivity index (χ1n) is 11.4. The molecule has 0 radical (unpaired) electrons. The quantitative estimate of drug-likeness (QED) is 0.505. The third-order valence-electron chi connectivity index (χ3n) is 5.96. The molecule has 0 bridgehead atoms. The fourth-order valence-corrected chi connectivity index (χ4v) is 3.68. The number of carbonyl (C=O) groups excluding carboxylic acids is 1. The average molecular weight is 435 g/mol. The zero-order valence-corrected chi connectivity index (χ0v) is 19.5. The van der Waals surface area contributed by atoms with Gasteiger partial charge in [0.05, 0.1) is 24.0 Å². The van der Waals surface area contributed by atoms with Crippen LogP contribution in [0.4, 0.5) is 0 Å². The van der Waals surface area contributed by atoms with Crippen LogP contribution in [-0.2, 0) is 17.8 Å². The highest BCUT2D eigenvalue weighted by Gasteiger charge is 2.18. The van der Waals surface area contributed by atoms with Crippen LogP contribution in [0.15, 0.2) is 53.3 Å². The molecular formula is C26H34N4O2. The Morgan fingerprint density at radius 1 is 1.09 bits per heavy atom. The van der Waals surface area contributed by atoms with E-state index >= 15 is 0 Å². The topological polar surface area (TPSA) is 78.1 Å². The number of hydrogen-bond acceptors (Lipinski definition) is 4. The lowest BCUT2D eigenvalue weighted by atomic mass is 10.0. The lowest BCUT2D eigenvalue weighted by Gasteiger charge is -2.27. The molecule has 0 aliphatic heterocycles. The van der Waals surface area contributed by atoms with Gasteiger partial charge in [-0.05, 0) is 48.9 Å². The molecule has 1 unspecified atom stereocenters. The molecule has 0 fully saturated rings. The van der Waals surface area contributed by atoms with Gasteiger partial charge in [-0.25, -0.2) is 4.98 Å². The highest BCUT2D eigenvalue weighted by molar-refractivity contribution is 5.78. The van der Waals surface area contributed by atoms with Crippen LogP contribution < -0.4 is 10.9 Å². The van der Waals surface area contributed by atoms with Gasteiger partial charge in [-0.1, -0.05) is 57.2 Å². The summed E-state index contributed by atoms with van der Waals surface area (Å²) < 4.78 is 0. The smallest absolute Gasteiger partial charge is 0.258 e. The predicted molar refractivity (Wildman–Crippen MR) is 130 cm³/mol. The van der Waals surface area contributed by atoms with Crippen molar-refractivity contribution in [2.24, 2.45) is 0 Å². The van der Waals surface area contributed by atoms with Gasteiger partial charge < -0.3 is 10.3 Å². The zero-order chi connectivity index (χ0) is 23.1. The molecule has 0 saturated carbocycles. The van der Waals surface area contributed by atoms with Crippen LogP contribution in [0.3, 0.4) is 0 Å². The first-order chi connectivity index (χ1) is 15.4. The van der Waals surface area contributed by atoms with Crippen molar-refractivity contribution in [2.75, 3.05) is 13.1 Å². The largest absolute Gasteiger partial charge is 0.355 e. The standard InChI is InChI=1S/C26H34N4O2/c1-5-19(4)30(16-24-28-23-9-7-6-8-22(23)26(32)29-24)17-25(31)27-15-14-20-10-12-21(13-11-20)18(2)3/h6-13,18-19H,5,14-17H2,1-4H3,(H,27,31)(H,28,29,32). The van der Waals surface area contributed by atoms with E-state index in [1.165, 1.54) is 11.1 Å². The van der Waals surface area contributed by atoms with Gasteiger partial charge in [-0.15, -0.1) is 0 Å². The second-order valence-electron chi connectivity index (χ2n) is 8.69. The molecule has 1 heterocycles. The van der Waals surface area contributed by atoms with Gasteiger partial charge >= 0.3 is 0 Å². The molecule has 3 aromatic rings. The van der Waals surface area contributed by atoms with Crippen molar-refractivity contribution in [1.82, 2.24) is 20.2 Å². The van der Waals surface area contributed by atoms with Gasteiger partial charge in [-0.2, -0.15) is 0 Å². The van der Waals surface area contributed by atoms with E-state index in [0.29, 0.717) is 35.7 Å². The number of nitrogens with zero attached hydrogens (tertiary/aromatic N) is 2. The molecule has 3 rings (SSSR count). The van der Waals surface area contributed by atoms with Crippen LogP contribution in [-0.4, -0.2) is 39.9 Å². The maximum atomic E-state index is 12.6. The van der Waals surface area contributed by atoms with Gasteiger partial charge in [0.1, 0.15) is 5.82 Å². The first-order valence-corrected chi connectivity index (χ1v) is 11.4. The fraction of sp³-hybridized carbons (Fsp3) is 0.423. The molecule has 0 spiro atoms. The summed E-state index contributed by atoms with van der Waals surface area (Å²) in [5.74, 6) is 1.07. The first kappa shape index (κ1) is 23.7. The van der Waals surface area contributed by atoms with Crippen molar-refractivity contribution in [1.29, 1.82) is 0 Å². The summed E-state index contributed by atoms with van der Waals surface area (Å²) in [4.78, 5) is 34.5. The van der Waals surface area contributed by atoms with Crippen molar-refractivity contribution in [3.8, 4) is 0 Å². The highest BCUT2D eigenvalue weighted by Crippen LogP contribution is 2.15. The summed E-state index contributed by atoms with van der Waals surface area (Å²) in [6, 6.07) is 16.1. The van der Waals surface area contributed by atoms with Crippen LogP contribution in [0.25, 0.3) is 10.9 Å². The Balaban J connectivity index is 1.59. The molecule has 1 amide bonds. The molecule has 1 aromatic heterocycles. The third-order valence-corrected chi connectivity index (χ3v) is 5.96. The van der Waals surface area contributed by atoms with Crippen LogP contribution in [0.1, 0.15) is 57.0 Å². The Morgan fingerprint density at radius 2 is 1.81 bits per heavy atom. The Hall–Kier alpha value is -2.99. The Morgan fingerprint density at radius 3 is 2.50 bits per heavy atom. The van der Waals surface area contributed by atoms with Crippen molar-refractivity contribution in [3.63, 3.8) is 0 Å². The summed E-state index contributed by atoms with van der Waals surface area (Å²) in [5.41, 5.74) is 3.06. The van der Waals surface area contributed by atoms with E-state index in [4.69, 9.17) is 0 Å². The monoisotopic (exact) mass is 434 g/mol. The molecule has 0 aliphatic carbocycles. The summed E-state index contributed by atoms with van der Waals surface area (Å²) in [6.45, 7) is 9.81. The molecular weight excluding hydrogens is 400 g/mol. The highest BCUT2D eigenvalue weighted by atomic mass is 16.2. The maximum Gasteiger partial charge on any atom is 0.258 e. The molecule has 0 saturated heterocycles. The fourth-order valence-electron chi connectivity index (χ4n) is 3.68. The number of amides is 1. The average Bonchev–Trinajstić information content (AvgIpc) is 2.78. The van der Waals surface area contributed by atoms with Crippen LogP contribution in [0.5, 0.6) is 0 Å². The zero-order valence-electron chi connectivity index (χ0n) is 19.5. The van der Waals surface area contributed by atoms with E-state index in [-0.39, 0.29) is 24.1 Å². The molecule has 2 aromatic carbocycles. The Labute approximate surface area is 190 Å². The molecule has 0 aliphatic rings. The number of H-pyrrole nitrogens is 1. The molecule has 6 heteroatoms. The van der Waals surface area contributed by atoms with Crippen LogP contribution in [0.2, 0.25) is 0 Å². The number of aromatic nitrogens is 2. The summed E-state index contributed by atoms with van der Waals surface area (Å²) in [5, 5.41) is 3.61. The molecule has 6 nitrogen and oxygen atoms in total. The summed E-state index contributed by atoms with van der Waals surface area (Å²) in [6.07, 6.45) is 1.69. The van der Waals surface area contributed by atoms with Crippen molar-refractivity contribution >= 4 is 16.8 Å². The number of hydrogen-bond donors (Lipinski definition) is 2. The second-order valence-corrected chi connectivity index (χ2v) is 8.69. The Bertz CT molecular complexity index is 1090. The minimum atomic E-state index is -0.150. The summed E-state index contributed by atoms with van der Waals surface area (Å²) in [7, 11) is 0. The van der Waals surface area contributed by atoms with Crippen molar-refractivity contribution in [3.05, 3.63) is 75.8 Å². The maximum absolute atomic E-state index is 12.6. The van der Waals surface area contributed by atoms with Gasteiger partial charge in [0.25, 0.3) is 5.56 Å². The van der Waals surface area contributed by atoms with E-state index in [9.17, 15) is 9.59 Å². The van der Waals surface area contributed by atoms with E-state index in [1.807, 2.05) is 18.2 Å². The van der Waals surface area contributed by atoms with Gasteiger partial charge in [0.2, 0.25) is 5.91 Å². The second kappa shape index (κ2) is 11.0. The Kier molecular flexibility index (Phi) is 8.17. The van der Waals surface area contributed by atoms with Gasteiger partial charge in [-0.3, -0.25) is 14.5 Å². The number of nitrogens with one attached hydrogen (secondary N) is 2. The van der Waals surface area contributed by atoms with Crippen molar-refractivity contribution in [2.45, 2.75) is 59.0 Å². The number of fused-ring (bicyclic) bond motifs is 1. The lowest BCUT2D eigenvalue weighted by Crippen LogP contribution is -2.42. The van der Waals surface area contributed by atoms with Crippen molar-refractivity contribution < 1.29 is 4.79 Å².